The molecule has 0 amide bonds. The highest BCUT2D eigenvalue weighted by atomic mass is 33.1. The van der Waals surface area contributed by atoms with Gasteiger partial charge in [-0.2, -0.15) is 13.2 Å². The number of benzene rings is 4. The van der Waals surface area contributed by atoms with Gasteiger partial charge < -0.3 is 57.9 Å². The number of carbonyl (C=O) groups is 4. The van der Waals surface area contributed by atoms with Crippen molar-refractivity contribution in [1.29, 1.82) is 0 Å². The molecule has 10 atom stereocenters. The Hall–Kier alpha value is -12.1. The Kier molecular flexibility index (Phi) is 56.0. The Morgan fingerprint density at radius 1 is 0.521 bits per heavy atom. The van der Waals surface area contributed by atoms with E-state index in [1.54, 1.807) is 91.9 Å². The Morgan fingerprint density at radius 3 is 1.47 bits per heavy atom. The van der Waals surface area contributed by atoms with E-state index in [0.717, 1.165) is 90.0 Å². The topological polar surface area (TPSA) is 656 Å². The maximum atomic E-state index is 12.5. The van der Waals surface area contributed by atoms with Crippen LogP contribution in [0.15, 0.2) is 118 Å². The lowest BCUT2D eigenvalue weighted by atomic mass is 10.0. The van der Waals surface area contributed by atoms with Crippen molar-refractivity contribution in [2.24, 2.45) is 0 Å². The maximum Gasteiger partial charge on any atom is 0.434 e. The van der Waals surface area contributed by atoms with Crippen LogP contribution < -0.4 is 9.47 Å². The molecule has 0 radical (unpaired) electrons. The summed E-state index contributed by atoms with van der Waals surface area (Å²) in [6.07, 6.45) is -4.50. The van der Waals surface area contributed by atoms with Gasteiger partial charge in [-0.1, -0.05) is 133 Å². The smallest absolute Gasteiger partial charge is 0.426 e. The van der Waals surface area contributed by atoms with Crippen molar-refractivity contribution in [2.75, 3.05) is 52.5 Å². The summed E-state index contributed by atoms with van der Waals surface area (Å²) in [4.78, 5) is 212. The number of halogens is 3. The fourth-order valence-electron chi connectivity index (χ4n) is 12.2. The Morgan fingerprint density at radius 2 is 1.01 bits per heavy atom. The zero-order valence-electron chi connectivity index (χ0n) is 75.1. The fourth-order valence-corrected chi connectivity index (χ4v) is 23.8. The van der Waals surface area contributed by atoms with Gasteiger partial charge in [0.15, 0.2) is 11.8 Å². The van der Waals surface area contributed by atoms with Crippen LogP contribution in [0.5, 0.6) is 11.5 Å². The molecule has 140 heavy (non-hydrogen) atoms. The van der Waals surface area contributed by atoms with Crippen molar-refractivity contribution in [3.8, 4) is 11.5 Å². The largest absolute Gasteiger partial charge is 0.434 e. The number of hydrogen-bond acceptors (Lipinski definition) is 50. The van der Waals surface area contributed by atoms with E-state index < -0.39 is 118 Å². The van der Waals surface area contributed by atoms with E-state index in [-0.39, 0.29) is 92.4 Å². The van der Waals surface area contributed by atoms with Crippen LogP contribution in [0, 0.1) is 122 Å². The highest BCUT2D eigenvalue weighted by Gasteiger charge is 2.41. The number of para-hydroxylation sites is 2. The molecule has 63 heteroatoms. The van der Waals surface area contributed by atoms with Crippen molar-refractivity contribution in [3.05, 3.63) is 268 Å². The molecule has 6 heterocycles. The molecular formula is C77H98F3N15O36S9. The van der Waals surface area contributed by atoms with E-state index >= 15 is 0 Å². The second-order valence-corrected chi connectivity index (χ2v) is 38.9. The number of nitrogens with zero attached hydrogens (tertiary/aromatic N) is 15. The van der Waals surface area contributed by atoms with Crippen molar-refractivity contribution in [3.63, 3.8) is 0 Å². The highest BCUT2D eigenvalue weighted by molar-refractivity contribution is 8.78. The van der Waals surface area contributed by atoms with Crippen LogP contribution >= 0.6 is 101 Å². The van der Waals surface area contributed by atoms with Gasteiger partial charge in [0.2, 0.25) is 10.2 Å². The second kappa shape index (κ2) is 64.2. The first-order valence-electron chi connectivity index (χ1n) is 40.8. The van der Waals surface area contributed by atoms with Gasteiger partial charge in [0.25, 0.3) is 50.9 Å². The summed E-state index contributed by atoms with van der Waals surface area (Å²) in [7, 11) is 5.96. The number of thiazole rings is 3. The minimum Gasteiger partial charge on any atom is -0.426 e. The van der Waals surface area contributed by atoms with E-state index in [0.29, 0.717) is 82.3 Å². The summed E-state index contributed by atoms with van der Waals surface area (Å²) < 4.78 is 46.9. The summed E-state index contributed by atoms with van der Waals surface area (Å²) in [5, 5.41) is 96.7. The summed E-state index contributed by atoms with van der Waals surface area (Å²) in [6.45, 7) is 21.9. The molecule has 3 fully saturated rings. The van der Waals surface area contributed by atoms with Crippen molar-refractivity contribution >= 4 is 123 Å². The predicted molar refractivity (Wildman–Crippen MR) is 502 cm³/mol. The molecule has 0 bridgehead atoms. The molecule has 3 aromatic heterocycles. The SMILES string of the molecule is C.CC(=O)Oc1ccccc1C(=O)Sc1cccc(CO[N+](=O)[O-])c1.CC(=O)Oc1ccccc1C(=O)Sc1ccccc1CO[N+](=O)[O-].CC(O[N+](=O)[O-])c1scnc1C(F)(F)F.CCC(CC1CC(CC(CO[N+](=O)[O-])O[N+](=O)[O-])SS1)O[N+](=O)[O-].CCC(O[N+](=O)[O-])C1CC(C(CC)O[N+](=O)[O-])SS1.CCCN1CCN(CCO[N+](=O)[O-])CC1.Cc1csc(C(O[N+](=O)[O-])c2sc(C)nc2C)n1. The van der Waals surface area contributed by atoms with Gasteiger partial charge >= 0.3 is 18.1 Å². The van der Waals surface area contributed by atoms with Crippen molar-refractivity contribution in [2.45, 2.75) is 215 Å². The number of piperazine rings is 1. The maximum absolute atomic E-state index is 12.5. The third kappa shape index (κ3) is 48.2. The number of rotatable bonds is 45. The normalized spacial score (nSPS) is 15.8. The molecule has 772 valence electrons. The minimum atomic E-state index is -4.62. The van der Waals surface area contributed by atoms with Crippen LogP contribution in [-0.4, -0.2) is 196 Å². The lowest BCUT2D eigenvalue weighted by Crippen LogP contribution is -2.47. The molecule has 0 aliphatic carbocycles. The molecular weight excluding hydrogens is 2060 g/mol. The lowest BCUT2D eigenvalue weighted by molar-refractivity contribution is -0.790. The Labute approximate surface area is 830 Å². The average molecular weight is 2160 g/mol. The first-order valence-corrected chi connectivity index (χ1v) is 49.5. The number of hydrogen-bond donors (Lipinski definition) is 0. The third-order valence-corrected chi connectivity index (χ3v) is 29.9. The molecule has 0 spiro atoms. The number of esters is 2. The molecule has 51 nitrogen and oxygen atoms in total. The number of thioether (sulfide) groups is 2. The molecule has 4 aromatic carbocycles. The third-order valence-electron chi connectivity index (χ3n) is 18.0. The molecule has 0 saturated carbocycles. The first kappa shape index (κ1) is 122. The quantitative estimate of drug-likeness (QED) is 0.00854. The first-order chi connectivity index (χ1) is 65.7. The fraction of sp³-hybridized carbons (Fsp3) is 0.519. The van der Waals surface area contributed by atoms with Gasteiger partial charge in [-0.3, -0.25) is 28.9 Å². The van der Waals surface area contributed by atoms with E-state index in [4.69, 9.17) is 14.3 Å². The molecule has 3 aliphatic heterocycles. The number of aromatic nitrogens is 3. The Bertz CT molecular complexity index is 5140. The minimum absolute atomic E-state index is 0. The standard InChI is InChI=1S/2C16H13NO6S.C10H17N3O9S2.C10H11N3O3S2.C9H19N3O3.C9H16N2O6S2.C6H5F3N2O3S.CH4/c1-11(18)23-14-8-4-3-7-13(14)16(19)24-15-9-5-2-6-12(15)10-22-17(20)21;1-11(18)23-15-8-3-2-7-14(15)16(19)24-13-6-4-5-12(9-13)10-22-17(20)21;1-2-7(21-12(16)17)3-9-5-10(24-23-9)4-8(22-13(18)19)6-20-11(14)15;1-5-4-17-10(11-5)8(16-13(14)15)9-6(2)12-7(3)18-9;1-2-3-10-4-6-11(7-5-10)8-9-15-12(13)14;1-3-6(16-10(12)13)8-5-9(19-18-8)7(4-2)17-11(14)15;1-3(14-11(12)13)4-5(6(7,8)9)10-2-15-4;/h2*2-9H,10H2,1H3;7-10H,2-6H2,1H3;4,8H,1-3H3;2-9H2,1H3;6-9H,3-5H2,1-2H3;2-3H,1H3;1H4. The molecule has 0 N–H and O–H groups in total. The van der Waals surface area contributed by atoms with Crippen LogP contribution in [0.1, 0.15) is 188 Å². The molecule has 10 unspecified atom stereocenters. The van der Waals surface area contributed by atoms with Gasteiger partial charge in [0.1, 0.15) is 73.5 Å². The zero-order chi connectivity index (χ0) is 104. The Balaban J connectivity index is 0.000000423. The van der Waals surface area contributed by atoms with Crippen molar-refractivity contribution in [1.82, 2.24) is 24.8 Å². The second-order valence-electron chi connectivity index (χ2n) is 28.2. The lowest BCUT2D eigenvalue weighted by Gasteiger charge is -2.34. The molecule has 3 saturated heterocycles. The monoisotopic (exact) mass is 2150 g/mol. The zero-order valence-corrected chi connectivity index (χ0v) is 82.5. The molecule has 3 aliphatic rings. The molecule has 7 aromatic rings. The summed E-state index contributed by atoms with van der Waals surface area (Å²) >= 11 is 5.23. The van der Waals surface area contributed by atoms with Gasteiger partial charge in [-0.05, 0) is 163 Å². The average Bonchev–Trinajstić information content (AvgIpc) is 1.62. The summed E-state index contributed by atoms with van der Waals surface area (Å²) in [5.41, 5.74) is 2.99. The van der Waals surface area contributed by atoms with Gasteiger partial charge in [0, 0.05) is 88.4 Å². The number of ether oxygens (including phenoxy) is 2. The predicted octanol–water partition coefficient (Wildman–Crippen LogP) is 17.2. The summed E-state index contributed by atoms with van der Waals surface area (Å²) in [5.74, 6) is -0.684. The number of alkyl halides is 3. The van der Waals surface area contributed by atoms with Crippen LogP contribution in [0.4, 0.5) is 13.2 Å². The highest BCUT2D eigenvalue weighted by Crippen LogP contribution is 2.50. The van der Waals surface area contributed by atoms with Crippen LogP contribution in [0.2, 0.25) is 0 Å². The summed E-state index contributed by atoms with van der Waals surface area (Å²) in [6, 6.07) is 26.2. The number of aryl methyl sites for hydroxylation is 3. The van der Waals surface area contributed by atoms with Crippen LogP contribution in [-0.2, 0) is 77.4 Å². The number of carbonyl (C=O) groups excluding carboxylic acids is 4. The van der Waals surface area contributed by atoms with Gasteiger partial charge in [0.05, 0.1) is 37.1 Å². The van der Waals surface area contributed by atoms with E-state index in [2.05, 4.69) is 75.2 Å². The van der Waals surface area contributed by atoms with Gasteiger partial charge in [-0.25, -0.2) is 15.0 Å². The van der Waals surface area contributed by atoms with E-state index in [9.17, 15) is 133 Å². The van der Waals surface area contributed by atoms with Crippen molar-refractivity contribution < 1.29 is 141 Å². The van der Waals surface area contributed by atoms with E-state index in [1.807, 2.05) is 40.0 Å². The molecule has 10 rings (SSSR count). The van der Waals surface area contributed by atoms with Crippen LogP contribution in [0.3, 0.4) is 0 Å². The van der Waals surface area contributed by atoms with Gasteiger partial charge in [-0.15, -0.1) is 135 Å². The van der Waals surface area contributed by atoms with E-state index in [1.165, 1.54) is 98.3 Å². The van der Waals surface area contributed by atoms with Crippen LogP contribution in [0.25, 0.3) is 0 Å².